The van der Waals surface area contributed by atoms with Crippen LogP contribution in [0.15, 0.2) is 24.3 Å². The van der Waals surface area contributed by atoms with Crippen molar-refractivity contribution >= 4 is 11.6 Å². The maximum atomic E-state index is 6.23. The molecule has 0 atom stereocenters. The Labute approximate surface area is 109 Å². The highest BCUT2D eigenvalue weighted by atomic mass is 35.5. The molecule has 17 heavy (non-hydrogen) atoms. The van der Waals surface area contributed by atoms with Crippen molar-refractivity contribution in [2.45, 2.75) is 38.5 Å². The molecule has 0 saturated heterocycles. The van der Waals surface area contributed by atoms with Crippen LogP contribution >= 0.6 is 11.6 Å². The summed E-state index contributed by atoms with van der Waals surface area (Å²) in [5, 5.41) is 0. The van der Waals surface area contributed by atoms with E-state index < -0.39 is 0 Å². The lowest BCUT2D eigenvalue weighted by atomic mass is 9.72. The largest absolute Gasteiger partial charge is 0.497 e. The molecule has 1 aliphatic carbocycles. The molecule has 0 aromatic heterocycles. The van der Waals surface area contributed by atoms with Crippen molar-refractivity contribution in [1.29, 1.82) is 0 Å². The minimum Gasteiger partial charge on any atom is -0.497 e. The van der Waals surface area contributed by atoms with Gasteiger partial charge in [0.05, 0.1) is 7.11 Å². The van der Waals surface area contributed by atoms with Crippen LogP contribution in [-0.4, -0.2) is 13.0 Å². The number of benzene rings is 1. The molecule has 0 bridgehead atoms. The molecule has 2 heteroatoms. The molecular formula is C15H21ClO. The molecule has 2 rings (SSSR count). The fraction of sp³-hybridized carbons (Fsp3) is 0.600. The second-order valence-corrected chi connectivity index (χ2v) is 5.49. The molecule has 0 unspecified atom stereocenters. The average molecular weight is 253 g/mol. The predicted octanol–water partition coefficient (Wildman–Crippen LogP) is 4.43. The van der Waals surface area contributed by atoms with Gasteiger partial charge in [0.25, 0.3) is 0 Å². The summed E-state index contributed by atoms with van der Waals surface area (Å²) in [7, 11) is 1.72. The molecule has 1 aromatic rings. The molecule has 1 aliphatic rings. The van der Waals surface area contributed by atoms with Crippen LogP contribution in [0.25, 0.3) is 0 Å². The van der Waals surface area contributed by atoms with Gasteiger partial charge in [0, 0.05) is 5.88 Å². The molecule has 0 radical (unpaired) electrons. The summed E-state index contributed by atoms with van der Waals surface area (Å²) in [6, 6.07) is 8.39. The minimum atomic E-state index is 0.326. The summed E-state index contributed by atoms with van der Waals surface area (Å²) < 4.78 is 5.28. The Kier molecular flexibility index (Phi) is 4.33. The highest BCUT2D eigenvalue weighted by molar-refractivity contribution is 6.18. The van der Waals surface area contributed by atoms with Gasteiger partial charge >= 0.3 is 0 Å². The first-order valence-electron chi connectivity index (χ1n) is 6.47. The van der Waals surface area contributed by atoms with E-state index in [1.54, 1.807) is 7.11 Å². The molecule has 0 spiro atoms. The topological polar surface area (TPSA) is 9.23 Å². The van der Waals surface area contributed by atoms with E-state index >= 15 is 0 Å². The number of halogens is 1. The Morgan fingerprint density at radius 2 is 2.00 bits per heavy atom. The SMILES string of the molecule is COc1cccc(CC2(CCl)CCCCC2)c1. The van der Waals surface area contributed by atoms with Crippen LogP contribution in [0.4, 0.5) is 0 Å². The highest BCUT2D eigenvalue weighted by Gasteiger charge is 2.31. The zero-order valence-electron chi connectivity index (χ0n) is 10.5. The van der Waals surface area contributed by atoms with Crippen molar-refractivity contribution in [3.05, 3.63) is 29.8 Å². The van der Waals surface area contributed by atoms with E-state index in [9.17, 15) is 0 Å². The van der Waals surface area contributed by atoms with E-state index in [1.165, 1.54) is 37.7 Å². The fourth-order valence-electron chi connectivity index (χ4n) is 2.87. The molecule has 1 aromatic carbocycles. The van der Waals surface area contributed by atoms with Gasteiger partial charge in [-0.1, -0.05) is 31.4 Å². The van der Waals surface area contributed by atoms with Crippen LogP contribution in [-0.2, 0) is 6.42 Å². The molecule has 1 nitrogen and oxygen atoms in total. The van der Waals surface area contributed by atoms with Crippen LogP contribution in [0.5, 0.6) is 5.75 Å². The Morgan fingerprint density at radius 3 is 2.65 bits per heavy atom. The van der Waals surface area contributed by atoms with Gasteiger partial charge in [0.1, 0.15) is 5.75 Å². The van der Waals surface area contributed by atoms with E-state index in [-0.39, 0.29) is 0 Å². The molecule has 1 fully saturated rings. The normalized spacial score (nSPS) is 18.9. The molecule has 94 valence electrons. The number of hydrogen-bond donors (Lipinski definition) is 0. The fourth-order valence-corrected chi connectivity index (χ4v) is 3.24. The zero-order chi connectivity index (χ0) is 12.1. The molecule has 0 aliphatic heterocycles. The first kappa shape index (κ1) is 12.8. The average Bonchev–Trinajstić information content (AvgIpc) is 2.40. The third-order valence-corrected chi connectivity index (χ3v) is 4.48. The Balaban J connectivity index is 2.11. The van der Waals surface area contributed by atoms with Gasteiger partial charge in [-0.3, -0.25) is 0 Å². The number of hydrogen-bond acceptors (Lipinski definition) is 1. The van der Waals surface area contributed by atoms with Gasteiger partial charge in [0.15, 0.2) is 0 Å². The second-order valence-electron chi connectivity index (χ2n) is 5.22. The zero-order valence-corrected chi connectivity index (χ0v) is 11.3. The summed E-state index contributed by atoms with van der Waals surface area (Å²) >= 11 is 6.23. The highest BCUT2D eigenvalue weighted by Crippen LogP contribution is 2.40. The lowest BCUT2D eigenvalue weighted by Gasteiger charge is -2.35. The third kappa shape index (κ3) is 3.16. The molecule has 0 N–H and O–H groups in total. The monoisotopic (exact) mass is 252 g/mol. The lowest BCUT2D eigenvalue weighted by molar-refractivity contribution is 0.219. The maximum absolute atomic E-state index is 6.23. The van der Waals surface area contributed by atoms with Crippen LogP contribution in [0.1, 0.15) is 37.7 Å². The quantitative estimate of drug-likeness (QED) is 0.721. The lowest BCUT2D eigenvalue weighted by Crippen LogP contribution is -2.28. The van der Waals surface area contributed by atoms with Gasteiger partial charge in [-0.05, 0) is 42.4 Å². The number of ether oxygens (including phenoxy) is 1. The summed E-state index contributed by atoms with van der Waals surface area (Å²) in [5.41, 5.74) is 1.68. The molecular weight excluding hydrogens is 232 g/mol. The maximum Gasteiger partial charge on any atom is 0.119 e. The first-order valence-corrected chi connectivity index (χ1v) is 7.00. The second kappa shape index (κ2) is 5.77. The van der Waals surface area contributed by atoms with E-state index in [0.29, 0.717) is 5.41 Å². The van der Waals surface area contributed by atoms with Gasteiger partial charge in [0.2, 0.25) is 0 Å². The van der Waals surface area contributed by atoms with Crippen molar-refractivity contribution in [2.24, 2.45) is 5.41 Å². The van der Waals surface area contributed by atoms with Gasteiger partial charge in [-0.2, -0.15) is 0 Å². The van der Waals surface area contributed by atoms with Crippen molar-refractivity contribution in [3.8, 4) is 5.75 Å². The van der Waals surface area contributed by atoms with E-state index in [4.69, 9.17) is 16.3 Å². The van der Waals surface area contributed by atoms with E-state index in [2.05, 4.69) is 18.2 Å². The number of alkyl halides is 1. The summed E-state index contributed by atoms with van der Waals surface area (Å²) in [6.07, 6.45) is 7.67. The summed E-state index contributed by atoms with van der Waals surface area (Å²) in [5.74, 6) is 1.73. The van der Waals surface area contributed by atoms with Crippen LogP contribution < -0.4 is 4.74 Å². The van der Waals surface area contributed by atoms with Crippen LogP contribution in [0.2, 0.25) is 0 Å². The Hall–Kier alpha value is -0.690. The smallest absolute Gasteiger partial charge is 0.119 e. The van der Waals surface area contributed by atoms with Gasteiger partial charge in [-0.25, -0.2) is 0 Å². The number of rotatable bonds is 4. The number of methoxy groups -OCH3 is 1. The van der Waals surface area contributed by atoms with Gasteiger partial charge < -0.3 is 4.74 Å². The predicted molar refractivity (Wildman–Crippen MR) is 72.9 cm³/mol. The Bertz CT molecular complexity index is 356. The van der Waals surface area contributed by atoms with Crippen molar-refractivity contribution in [2.75, 3.05) is 13.0 Å². The Morgan fingerprint density at radius 1 is 1.24 bits per heavy atom. The molecule has 0 amide bonds. The van der Waals surface area contributed by atoms with Gasteiger partial charge in [-0.15, -0.1) is 11.6 Å². The van der Waals surface area contributed by atoms with Crippen molar-refractivity contribution in [1.82, 2.24) is 0 Å². The molecule has 0 heterocycles. The van der Waals surface area contributed by atoms with E-state index in [1.807, 2.05) is 6.07 Å². The van der Waals surface area contributed by atoms with Crippen LogP contribution in [0.3, 0.4) is 0 Å². The standard InChI is InChI=1S/C15H21ClO/c1-17-14-7-5-6-13(10-14)11-15(12-16)8-3-2-4-9-15/h5-7,10H,2-4,8-9,11-12H2,1H3. The van der Waals surface area contributed by atoms with Crippen molar-refractivity contribution < 1.29 is 4.74 Å². The summed E-state index contributed by atoms with van der Waals surface area (Å²) in [4.78, 5) is 0. The van der Waals surface area contributed by atoms with Crippen LogP contribution in [0, 0.1) is 5.41 Å². The van der Waals surface area contributed by atoms with Crippen molar-refractivity contribution in [3.63, 3.8) is 0 Å². The van der Waals surface area contributed by atoms with E-state index in [0.717, 1.165) is 18.1 Å². The summed E-state index contributed by atoms with van der Waals surface area (Å²) in [6.45, 7) is 0. The third-order valence-electron chi connectivity index (χ3n) is 3.91. The first-order chi connectivity index (χ1) is 8.28. The minimum absolute atomic E-state index is 0.326. The molecule has 1 saturated carbocycles.